The van der Waals surface area contributed by atoms with Crippen molar-refractivity contribution in [3.05, 3.63) is 24.3 Å². The third-order valence-corrected chi connectivity index (χ3v) is 6.82. The Morgan fingerprint density at radius 3 is 1.97 bits per heavy atom. The number of methoxy groups -OCH3 is 1. The Hall–Kier alpha value is -1.64. The Morgan fingerprint density at radius 1 is 1.00 bits per heavy atom. The summed E-state index contributed by atoms with van der Waals surface area (Å²) in [5.41, 5.74) is 0. The fourth-order valence-electron chi connectivity index (χ4n) is 3.48. The number of rotatable bonds is 9. The zero-order chi connectivity index (χ0) is 21.6. The van der Waals surface area contributed by atoms with Crippen molar-refractivity contribution < 1.29 is 17.9 Å². The quantitative estimate of drug-likeness (QED) is 0.606. The lowest BCUT2D eigenvalue weighted by Gasteiger charge is -2.35. The van der Waals surface area contributed by atoms with Crippen molar-refractivity contribution in [1.82, 2.24) is 14.1 Å². The van der Waals surface area contributed by atoms with Crippen LogP contribution in [0.3, 0.4) is 0 Å². The van der Waals surface area contributed by atoms with E-state index in [1.165, 1.54) is 4.31 Å². The lowest BCUT2D eigenvalue weighted by molar-refractivity contribution is -0.133. The Balaban J connectivity index is 1.94. The standard InChI is InChI=1S/C21H35N3O4S/c1-17(2)14-23(15-18(3)4)21(25)16-22-10-12-24(13-11-22)29(26,27)20-8-6-19(28-5)7-9-20/h6-9,17-18H,10-16H2,1-5H3. The Bertz CT molecular complexity index is 745. The molecule has 0 aliphatic carbocycles. The van der Waals surface area contributed by atoms with Crippen molar-refractivity contribution in [2.24, 2.45) is 11.8 Å². The minimum atomic E-state index is -3.53. The van der Waals surface area contributed by atoms with E-state index in [-0.39, 0.29) is 10.8 Å². The molecule has 29 heavy (non-hydrogen) atoms. The van der Waals surface area contributed by atoms with Gasteiger partial charge in [-0.05, 0) is 36.1 Å². The molecule has 0 unspecified atom stereocenters. The minimum absolute atomic E-state index is 0.124. The molecule has 1 saturated heterocycles. The van der Waals surface area contributed by atoms with E-state index in [0.717, 1.165) is 13.1 Å². The monoisotopic (exact) mass is 425 g/mol. The predicted molar refractivity (Wildman–Crippen MR) is 114 cm³/mol. The molecular formula is C21H35N3O4S. The van der Waals surface area contributed by atoms with Gasteiger partial charge in [-0.15, -0.1) is 0 Å². The summed E-state index contributed by atoms with van der Waals surface area (Å²) in [5.74, 6) is 1.59. The van der Waals surface area contributed by atoms with Gasteiger partial charge < -0.3 is 9.64 Å². The molecule has 1 aromatic carbocycles. The smallest absolute Gasteiger partial charge is 0.243 e. The number of sulfonamides is 1. The van der Waals surface area contributed by atoms with Gasteiger partial charge in [0.15, 0.2) is 0 Å². The van der Waals surface area contributed by atoms with Gasteiger partial charge in [-0.2, -0.15) is 4.31 Å². The highest BCUT2D eigenvalue weighted by Crippen LogP contribution is 2.20. The van der Waals surface area contributed by atoms with Crippen molar-refractivity contribution in [3.8, 4) is 5.75 Å². The molecule has 0 saturated carbocycles. The van der Waals surface area contributed by atoms with E-state index < -0.39 is 10.0 Å². The van der Waals surface area contributed by atoms with Gasteiger partial charge in [-0.1, -0.05) is 27.7 Å². The largest absolute Gasteiger partial charge is 0.497 e. The van der Waals surface area contributed by atoms with Crippen LogP contribution in [0, 0.1) is 11.8 Å². The maximum atomic E-state index is 12.9. The fraction of sp³-hybridized carbons (Fsp3) is 0.667. The van der Waals surface area contributed by atoms with Crippen molar-refractivity contribution in [3.63, 3.8) is 0 Å². The molecule has 0 radical (unpaired) electrons. The first kappa shape index (κ1) is 23.6. The normalized spacial score (nSPS) is 16.4. The number of ether oxygens (including phenoxy) is 1. The minimum Gasteiger partial charge on any atom is -0.497 e. The number of hydrogen-bond acceptors (Lipinski definition) is 5. The topological polar surface area (TPSA) is 70.2 Å². The third-order valence-electron chi connectivity index (χ3n) is 4.91. The zero-order valence-corrected chi connectivity index (χ0v) is 19.1. The highest BCUT2D eigenvalue weighted by atomic mass is 32.2. The number of carbonyl (C=O) groups excluding carboxylic acids is 1. The van der Waals surface area contributed by atoms with Gasteiger partial charge >= 0.3 is 0 Å². The van der Waals surface area contributed by atoms with Gasteiger partial charge in [0, 0.05) is 39.3 Å². The number of hydrogen-bond donors (Lipinski definition) is 0. The van der Waals surface area contributed by atoms with Crippen LogP contribution in [0.2, 0.25) is 0 Å². The number of piperazine rings is 1. The number of nitrogens with zero attached hydrogens (tertiary/aromatic N) is 3. The van der Waals surface area contributed by atoms with E-state index in [1.807, 2.05) is 4.90 Å². The molecule has 7 nitrogen and oxygen atoms in total. The van der Waals surface area contributed by atoms with Gasteiger partial charge in [0.1, 0.15) is 5.75 Å². The summed E-state index contributed by atoms with van der Waals surface area (Å²) < 4.78 is 32.3. The summed E-state index contributed by atoms with van der Waals surface area (Å²) >= 11 is 0. The second kappa shape index (κ2) is 10.4. The molecule has 164 valence electrons. The van der Waals surface area contributed by atoms with Crippen LogP contribution in [0.4, 0.5) is 0 Å². The van der Waals surface area contributed by atoms with Crippen LogP contribution in [0.15, 0.2) is 29.2 Å². The Kier molecular flexibility index (Phi) is 8.48. The molecule has 1 aliphatic heterocycles. The Labute approximate surface area is 175 Å². The summed E-state index contributed by atoms with van der Waals surface area (Å²) in [6.45, 7) is 12.2. The molecule has 1 aromatic rings. The van der Waals surface area contributed by atoms with Crippen molar-refractivity contribution in [2.75, 3.05) is 52.9 Å². The highest BCUT2D eigenvalue weighted by molar-refractivity contribution is 7.89. The van der Waals surface area contributed by atoms with Crippen LogP contribution in [0.25, 0.3) is 0 Å². The first-order valence-electron chi connectivity index (χ1n) is 10.3. The molecule has 1 amide bonds. The molecule has 1 fully saturated rings. The highest BCUT2D eigenvalue weighted by Gasteiger charge is 2.30. The van der Waals surface area contributed by atoms with Crippen LogP contribution >= 0.6 is 0 Å². The van der Waals surface area contributed by atoms with Crippen LogP contribution in [0.5, 0.6) is 5.75 Å². The molecule has 0 bridgehead atoms. The van der Waals surface area contributed by atoms with Crippen LogP contribution in [-0.4, -0.2) is 81.4 Å². The number of carbonyl (C=O) groups is 1. The van der Waals surface area contributed by atoms with E-state index in [9.17, 15) is 13.2 Å². The second-order valence-corrected chi connectivity index (χ2v) is 10.4. The van der Waals surface area contributed by atoms with Gasteiger partial charge in [0.05, 0.1) is 18.6 Å². The predicted octanol–water partition coefficient (Wildman–Crippen LogP) is 2.14. The summed E-state index contributed by atoms with van der Waals surface area (Å²) in [6, 6.07) is 6.44. The van der Waals surface area contributed by atoms with Crippen molar-refractivity contribution >= 4 is 15.9 Å². The molecule has 1 aliphatic rings. The second-order valence-electron chi connectivity index (χ2n) is 8.44. The molecule has 0 aromatic heterocycles. The number of amides is 1. The Morgan fingerprint density at radius 2 is 1.52 bits per heavy atom. The maximum absolute atomic E-state index is 12.9. The maximum Gasteiger partial charge on any atom is 0.243 e. The molecule has 8 heteroatoms. The molecular weight excluding hydrogens is 390 g/mol. The third kappa shape index (κ3) is 6.69. The molecule has 0 N–H and O–H groups in total. The van der Waals surface area contributed by atoms with Gasteiger partial charge in [0.25, 0.3) is 0 Å². The number of benzene rings is 1. The van der Waals surface area contributed by atoms with Gasteiger partial charge in [0.2, 0.25) is 15.9 Å². The molecule has 0 atom stereocenters. The van der Waals surface area contributed by atoms with Crippen molar-refractivity contribution in [2.45, 2.75) is 32.6 Å². The average molecular weight is 426 g/mol. The first-order chi connectivity index (χ1) is 13.6. The van der Waals surface area contributed by atoms with Crippen LogP contribution in [0.1, 0.15) is 27.7 Å². The van der Waals surface area contributed by atoms with Gasteiger partial charge in [-0.3, -0.25) is 9.69 Å². The van der Waals surface area contributed by atoms with E-state index >= 15 is 0 Å². The van der Waals surface area contributed by atoms with E-state index in [1.54, 1.807) is 31.4 Å². The van der Waals surface area contributed by atoms with Crippen LogP contribution < -0.4 is 4.74 Å². The van der Waals surface area contributed by atoms with E-state index in [4.69, 9.17) is 4.74 Å². The summed E-state index contributed by atoms with van der Waals surface area (Å²) in [4.78, 5) is 17.0. The summed E-state index contributed by atoms with van der Waals surface area (Å²) in [5, 5.41) is 0. The molecule has 1 heterocycles. The van der Waals surface area contributed by atoms with Crippen molar-refractivity contribution in [1.29, 1.82) is 0 Å². The molecule has 0 spiro atoms. The molecule has 2 rings (SSSR count). The summed E-state index contributed by atoms with van der Waals surface area (Å²) in [6.07, 6.45) is 0. The summed E-state index contributed by atoms with van der Waals surface area (Å²) in [7, 11) is -1.98. The fourth-order valence-corrected chi connectivity index (χ4v) is 4.90. The lowest BCUT2D eigenvalue weighted by Crippen LogP contribution is -2.52. The SMILES string of the molecule is COc1ccc(S(=O)(=O)N2CCN(CC(=O)N(CC(C)C)CC(C)C)CC2)cc1. The van der Waals surface area contributed by atoms with Crippen LogP contribution in [-0.2, 0) is 14.8 Å². The van der Waals surface area contributed by atoms with E-state index in [0.29, 0.717) is 50.3 Å². The lowest BCUT2D eigenvalue weighted by atomic mass is 10.1. The zero-order valence-electron chi connectivity index (χ0n) is 18.3. The first-order valence-corrected chi connectivity index (χ1v) is 11.7. The van der Waals surface area contributed by atoms with E-state index in [2.05, 4.69) is 32.6 Å². The van der Waals surface area contributed by atoms with Gasteiger partial charge in [-0.25, -0.2) is 8.42 Å². The average Bonchev–Trinajstić information content (AvgIpc) is 2.67.